The number of rotatable bonds is 6. The van der Waals surface area contributed by atoms with Gasteiger partial charge in [-0.05, 0) is 23.8 Å². The lowest BCUT2D eigenvalue weighted by Gasteiger charge is -2.07. The van der Waals surface area contributed by atoms with Gasteiger partial charge >= 0.3 is 0 Å². The molecular weight excluding hydrogens is 320 g/mol. The van der Waals surface area contributed by atoms with Crippen LogP contribution in [0.3, 0.4) is 0 Å². The van der Waals surface area contributed by atoms with E-state index in [0.717, 1.165) is 5.56 Å². The molecule has 7 nitrogen and oxygen atoms in total. The molecule has 0 spiro atoms. The van der Waals surface area contributed by atoms with E-state index in [2.05, 4.69) is 20.3 Å². The Morgan fingerprint density at radius 3 is 2.96 bits per heavy atom. The molecule has 0 unspecified atom stereocenters. The highest BCUT2D eigenvalue weighted by Gasteiger charge is 2.07. The van der Waals surface area contributed by atoms with Gasteiger partial charge in [0.2, 0.25) is 11.8 Å². The number of aryl methyl sites for hydroxylation is 1. The standard InChI is InChI=1S/C18H18N4O3/c1-25-17-10-12(8-9-19-17)11-20-16(23)7-6-15-21-14-5-3-2-4-13(14)18(24)22-15/h2-5,8-10H,6-7,11H2,1H3,(H,20,23)(H,21,22,24). The van der Waals surface area contributed by atoms with Crippen molar-refractivity contribution >= 4 is 16.8 Å². The van der Waals surface area contributed by atoms with Gasteiger partial charge in [0.05, 0.1) is 18.0 Å². The van der Waals surface area contributed by atoms with E-state index in [1.807, 2.05) is 12.1 Å². The smallest absolute Gasteiger partial charge is 0.258 e. The number of aromatic nitrogens is 3. The van der Waals surface area contributed by atoms with Crippen LogP contribution in [0.1, 0.15) is 17.8 Å². The summed E-state index contributed by atoms with van der Waals surface area (Å²) in [5.74, 6) is 0.890. The summed E-state index contributed by atoms with van der Waals surface area (Å²) in [6.07, 6.45) is 2.24. The molecular formula is C18H18N4O3. The average Bonchev–Trinajstić information content (AvgIpc) is 2.65. The van der Waals surface area contributed by atoms with Crippen LogP contribution in [0.2, 0.25) is 0 Å². The van der Waals surface area contributed by atoms with Gasteiger partial charge < -0.3 is 15.0 Å². The lowest BCUT2D eigenvalue weighted by molar-refractivity contribution is -0.121. The van der Waals surface area contributed by atoms with E-state index in [-0.39, 0.29) is 17.9 Å². The Balaban J connectivity index is 1.58. The van der Waals surface area contributed by atoms with Crippen LogP contribution in [0.15, 0.2) is 47.4 Å². The molecule has 2 aromatic heterocycles. The number of ether oxygens (including phenoxy) is 1. The molecule has 0 fully saturated rings. The second-order valence-corrected chi connectivity index (χ2v) is 5.51. The van der Waals surface area contributed by atoms with Gasteiger partial charge in [0, 0.05) is 31.6 Å². The summed E-state index contributed by atoms with van der Waals surface area (Å²) < 4.78 is 5.05. The van der Waals surface area contributed by atoms with E-state index in [1.165, 1.54) is 0 Å². The van der Waals surface area contributed by atoms with Crippen LogP contribution in [-0.2, 0) is 17.8 Å². The molecule has 128 valence electrons. The van der Waals surface area contributed by atoms with Crippen molar-refractivity contribution in [2.45, 2.75) is 19.4 Å². The molecule has 7 heteroatoms. The third-order valence-corrected chi connectivity index (χ3v) is 3.75. The number of hydrogen-bond acceptors (Lipinski definition) is 5. The minimum absolute atomic E-state index is 0.119. The number of amides is 1. The number of para-hydroxylation sites is 1. The predicted octanol–water partition coefficient (Wildman–Crippen LogP) is 1.58. The number of benzene rings is 1. The summed E-state index contributed by atoms with van der Waals surface area (Å²) in [5, 5.41) is 3.37. The highest BCUT2D eigenvalue weighted by molar-refractivity contribution is 5.78. The Morgan fingerprint density at radius 1 is 1.28 bits per heavy atom. The van der Waals surface area contributed by atoms with Gasteiger partial charge in [-0.25, -0.2) is 9.97 Å². The second-order valence-electron chi connectivity index (χ2n) is 5.51. The van der Waals surface area contributed by atoms with Crippen LogP contribution in [0.5, 0.6) is 5.88 Å². The molecule has 0 bridgehead atoms. The van der Waals surface area contributed by atoms with Crippen molar-refractivity contribution in [2.75, 3.05) is 7.11 Å². The molecule has 0 aliphatic rings. The number of hydrogen-bond donors (Lipinski definition) is 2. The monoisotopic (exact) mass is 338 g/mol. The molecule has 0 aliphatic heterocycles. The first kappa shape index (κ1) is 16.6. The normalized spacial score (nSPS) is 10.6. The predicted molar refractivity (Wildman–Crippen MR) is 93.3 cm³/mol. The van der Waals surface area contributed by atoms with E-state index < -0.39 is 0 Å². The third kappa shape index (κ3) is 4.20. The van der Waals surface area contributed by atoms with Crippen LogP contribution in [0.25, 0.3) is 10.9 Å². The minimum atomic E-state index is -0.190. The highest BCUT2D eigenvalue weighted by Crippen LogP contribution is 2.09. The Labute approximate surface area is 144 Å². The Morgan fingerprint density at radius 2 is 2.12 bits per heavy atom. The van der Waals surface area contributed by atoms with Crippen LogP contribution in [0.4, 0.5) is 0 Å². The number of aromatic amines is 1. The largest absolute Gasteiger partial charge is 0.481 e. The molecule has 0 atom stereocenters. The van der Waals surface area contributed by atoms with E-state index in [4.69, 9.17) is 4.74 Å². The van der Waals surface area contributed by atoms with Crippen LogP contribution >= 0.6 is 0 Å². The van der Waals surface area contributed by atoms with E-state index in [9.17, 15) is 9.59 Å². The van der Waals surface area contributed by atoms with Crippen molar-refractivity contribution < 1.29 is 9.53 Å². The van der Waals surface area contributed by atoms with Gasteiger partial charge in [0.1, 0.15) is 5.82 Å². The van der Waals surface area contributed by atoms with Gasteiger partial charge in [0.15, 0.2) is 0 Å². The molecule has 2 N–H and O–H groups in total. The number of carbonyl (C=O) groups is 1. The summed E-state index contributed by atoms with van der Waals surface area (Å²) >= 11 is 0. The SMILES string of the molecule is COc1cc(CNC(=O)CCc2nc3ccccc3c(=O)[nH]2)ccn1. The zero-order valence-electron chi connectivity index (χ0n) is 13.8. The third-order valence-electron chi connectivity index (χ3n) is 3.75. The first-order valence-electron chi connectivity index (χ1n) is 7.89. The maximum atomic E-state index is 12.0. The zero-order chi connectivity index (χ0) is 17.6. The van der Waals surface area contributed by atoms with Gasteiger partial charge in [-0.1, -0.05) is 12.1 Å². The van der Waals surface area contributed by atoms with E-state index in [1.54, 1.807) is 37.6 Å². The van der Waals surface area contributed by atoms with Crippen molar-refractivity contribution in [3.8, 4) is 5.88 Å². The minimum Gasteiger partial charge on any atom is -0.481 e. The summed E-state index contributed by atoms with van der Waals surface area (Å²) in [4.78, 5) is 35.1. The number of pyridine rings is 1. The molecule has 0 saturated heterocycles. The van der Waals surface area contributed by atoms with Crippen LogP contribution in [-0.4, -0.2) is 28.0 Å². The molecule has 1 amide bonds. The Kier molecular flexibility index (Phi) is 5.03. The maximum Gasteiger partial charge on any atom is 0.258 e. The van der Waals surface area contributed by atoms with Gasteiger partial charge in [-0.15, -0.1) is 0 Å². The highest BCUT2D eigenvalue weighted by atomic mass is 16.5. The number of carbonyl (C=O) groups excluding carboxylic acids is 1. The van der Waals surface area contributed by atoms with Gasteiger partial charge in [-0.2, -0.15) is 0 Å². The lowest BCUT2D eigenvalue weighted by Crippen LogP contribution is -2.23. The van der Waals surface area contributed by atoms with Gasteiger partial charge in [0.25, 0.3) is 5.56 Å². The molecule has 0 saturated carbocycles. The van der Waals surface area contributed by atoms with E-state index >= 15 is 0 Å². The molecule has 0 radical (unpaired) electrons. The number of fused-ring (bicyclic) bond motifs is 1. The van der Waals surface area contributed by atoms with E-state index in [0.29, 0.717) is 35.6 Å². The number of nitrogens with zero attached hydrogens (tertiary/aromatic N) is 2. The average molecular weight is 338 g/mol. The maximum absolute atomic E-state index is 12.0. The van der Waals surface area contributed by atoms with Crippen molar-refractivity contribution in [2.24, 2.45) is 0 Å². The second kappa shape index (κ2) is 7.57. The van der Waals surface area contributed by atoms with Crippen LogP contribution < -0.4 is 15.6 Å². The number of H-pyrrole nitrogens is 1. The molecule has 2 heterocycles. The first-order valence-corrected chi connectivity index (χ1v) is 7.89. The van der Waals surface area contributed by atoms with Crippen molar-refractivity contribution in [3.05, 3.63) is 64.3 Å². The molecule has 0 aliphatic carbocycles. The van der Waals surface area contributed by atoms with Crippen LogP contribution in [0, 0.1) is 0 Å². The molecule has 3 rings (SSSR count). The Hall–Kier alpha value is -3.22. The molecule has 1 aromatic carbocycles. The molecule has 3 aromatic rings. The fourth-order valence-corrected chi connectivity index (χ4v) is 2.45. The summed E-state index contributed by atoms with van der Waals surface area (Å²) in [5.41, 5.74) is 1.34. The summed E-state index contributed by atoms with van der Waals surface area (Å²) in [6, 6.07) is 10.7. The summed E-state index contributed by atoms with van der Waals surface area (Å²) in [6.45, 7) is 0.388. The fourth-order valence-electron chi connectivity index (χ4n) is 2.45. The quantitative estimate of drug-likeness (QED) is 0.711. The zero-order valence-corrected chi connectivity index (χ0v) is 13.8. The number of nitrogens with one attached hydrogen (secondary N) is 2. The van der Waals surface area contributed by atoms with Crippen molar-refractivity contribution in [1.29, 1.82) is 0 Å². The molecule has 25 heavy (non-hydrogen) atoms. The van der Waals surface area contributed by atoms with Crippen molar-refractivity contribution in [1.82, 2.24) is 20.3 Å². The number of methoxy groups -OCH3 is 1. The summed E-state index contributed by atoms with van der Waals surface area (Å²) in [7, 11) is 1.54. The first-order chi connectivity index (χ1) is 12.2. The lowest BCUT2D eigenvalue weighted by atomic mass is 10.2. The Bertz CT molecular complexity index is 952. The topological polar surface area (TPSA) is 97.0 Å². The van der Waals surface area contributed by atoms with Gasteiger partial charge in [-0.3, -0.25) is 9.59 Å². The van der Waals surface area contributed by atoms with Crippen molar-refractivity contribution in [3.63, 3.8) is 0 Å². The fraction of sp³-hybridized carbons (Fsp3) is 0.222.